The summed E-state index contributed by atoms with van der Waals surface area (Å²) in [5.41, 5.74) is 0.977. The number of hydrogen-bond donors (Lipinski definition) is 0. The van der Waals surface area contributed by atoms with Crippen molar-refractivity contribution >= 4 is 22.6 Å². The van der Waals surface area contributed by atoms with Crippen LogP contribution in [0.15, 0.2) is 18.2 Å². The van der Waals surface area contributed by atoms with Crippen molar-refractivity contribution in [2.75, 3.05) is 14.2 Å². The molecule has 0 atom stereocenters. The van der Waals surface area contributed by atoms with Crippen LogP contribution in [0.2, 0.25) is 0 Å². The third kappa shape index (κ3) is 3.13. The predicted octanol–water partition coefficient (Wildman–Crippen LogP) is 2.38. The second kappa shape index (κ2) is 5.41. The number of halogens is 1. The van der Waals surface area contributed by atoms with Crippen LogP contribution < -0.4 is 4.74 Å². The molecule has 0 aliphatic rings. The first-order chi connectivity index (χ1) is 6.27. The van der Waals surface area contributed by atoms with Crippen molar-refractivity contribution in [3.05, 3.63) is 27.3 Å². The molecule has 0 aliphatic carbocycles. The molecule has 13 heavy (non-hydrogen) atoms. The summed E-state index contributed by atoms with van der Waals surface area (Å²) in [5, 5.41) is 0. The molecule has 0 unspecified atom stereocenters. The maximum absolute atomic E-state index is 5.18. The molecule has 3 nitrogen and oxygen atoms in total. The Morgan fingerprint density at radius 1 is 1.31 bits per heavy atom. The van der Waals surface area contributed by atoms with Gasteiger partial charge in [-0.25, -0.2) is 9.78 Å². The van der Waals surface area contributed by atoms with Crippen LogP contribution >= 0.6 is 22.6 Å². The largest absolute Gasteiger partial charge is 0.496 e. The number of methoxy groups -OCH3 is 1. The molecule has 0 aliphatic heterocycles. The molecule has 4 heteroatoms. The first-order valence-electron chi connectivity index (χ1n) is 3.76. The summed E-state index contributed by atoms with van der Waals surface area (Å²) in [4.78, 5) is 9.34. The molecule has 0 heterocycles. The highest BCUT2D eigenvalue weighted by atomic mass is 127. The van der Waals surface area contributed by atoms with E-state index in [1.807, 2.05) is 18.2 Å². The lowest BCUT2D eigenvalue weighted by molar-refractivity contribution is -0.282. The van der Waals surface area contributed by atoms with E-state index in [1.165, 1.54) is 7.11 Å². The van der Waals surface area contributed by atoms with Gasteiger partial charge in [-0.15, -0.1) is 0 Å². The fourth-order valence-electron chi connectivity index (χ4n) is 0.960. The van der Waals surface area contributed by atoms with Crippen molar-refractivity contribution in [1.29, 1.82) is 0 Å². The van der Waals surface area contributed by atoms with E-state index in [4.69, 9.17) is 9.62 Å². The Balaban J connectivity index is 2.79. The van der Waals surface area contributed by atoms with Crippen LogP contribution in [0.25, 0.3) is 0 Å². The van der Waals surface area contributed by atoms with Crippen LogP contribution in [0.3, 0.4) is 0 Å². The molecular formula is C9H11IO3. The van der Waals surface area contributed by atoms with Crippen LogP contribution in [-0.4, -0.2) is 14.2 Å². The molecule has 0 saturated carbocycles. The highest BCUT2D eigenvalue weighted by molar-refractivity contribution is 14.1. The second-order valence-corrected chi connectivity index (χ2v) is 3.63. The van der Waals surface area contributed by atoms with Crippen LogP contribution in [-0.2, 0) is 16.4 Å². The fraction of sp³-hybridized carbons (Fsp3) is 0.333. The zero-order valence-electron chi connectivity index (χ0n) is 7.54. The summed E-state index contributed by atoms with van der Waals surface area (Å²) in [6, 6.07) is 5.91. The van der Waals surface area contributed by atoms with E-state index in [-0.39, 0.29) is 0 Å². The highest BCUT2D eigenvalue weighted by Gasteiger charge is 2.03. The molecule has 1 rings (SSSR count). The molecule has 0 spiro atoms. The SMILES string of the molecule is COOCc1ccc(I)cc1OC. The summed E-state index contributed by atoms with van der Waals surface area (Å²) in [6.07, 6.45) is 0. The third-order valence-electron chi connectivity index (χ3n) is 1.58. The average molecular weight is 294 g/mol. The monoisotopic (exact) mass is 294 g/mol. The van der Waals surface area contributed by atoms with Gasteiger partial charge in [-0.1, -0.05) is 6.07 Å². The van der Waals surface area contributed by atoms with Crippen LogP contribution in [0.4, 0.5) is 0 Å². The molecule has 1 aromatic rings. The van der Waals surface area contributed by atoms with Gasteiger partial charge in [0.2, 0.25) is 0 Å². The van der Waals surface area contributed by atoms with E-state index in [0.717, 1.165) is 14.9 Å². The summed E-state index contributed by atoms with van der Waals surface area (Å²) < 4.78 is 6.32. The molecule has 0 bridgehead atoms. The lowest BCUT2D eigenvalue weighted by Gasteiger charge is -2.07. The minimum absolute atomic E-state index is 0.399. The van der Waals surface area contributed by atoms with Gasteiger partial charge >= 0.3 is 0 Å². The Bertz CT molecular complexity index is 276. The van der Waals surface area contributed by atoms with Gasteiger partial charge in [0.05, 0.1) is 14.2 Å². The highest BCUT2D eigenvalue weighted by Crippen LogP contribution is 2.21. The molecular weight excluding hydrogens is 283 g/mol. The minimum Gasteiger partial charge on any atom is -0.496 e. The van der Waals surface area contributed by atoms with Crippen molar-refractivity contribution in [1.82, 2.24) is 0 Å². The van der Waals surface area contributed by atoms with Crippen molar-refractivity contribution in [3.63, 3.8) is 0 Å². The lowest BCUT2D eigenvalue weighted by atomic mass is 10.2. The Hall–Kier alpha value is -0.330. The van der Waals surface area contributed by atoms with E-state index in [2.05, 4.69) is 27.5 Å². The predicted molar refractivity (Wildman–Crippen MR) is 57.5 cm³/mol. The molecule has 0 N–H and O–H groups in total. The molecule has 0 saturated heterocycles. The lowest BCUT2D eigenvalue weighted by Crippen LogP contribution is -1.96. The van der Waals surface area contributed by atoms with E-state index < -0.39 is 0 Å². The molecule has 0 radical (unpaired) electrons. The van der Waals surface area contributed by atoms with Crippen LogP contribution in [0, 0.1) is 3.57 Å². The average Bonchev–Trinajstić information content (AvgIpc) is 2.16. The third-order valence-corrected chi connectivity index (χ3v) is 2.25. The minimum atomic E-state index is 0.399. The van der Waals surface area contributed by atoms with E-state index in [0.29, 0.717) is 6.61 Å². The number of benzene rings is 1. The summed E-state index contributed by atoms with van der Waals surface area (Å²) in [6.45, 7) is 0.399. The topological polar surface area (TPSA) is 27.7 Å². The van der Waals surface area contributed by atoms with Gasteiger partial charge in [-0.05, 0) is 34.7 Å². The van der Waals surface area contributed by atoms with Gasteiger partial charge in [-0.3, -0.25) is 0 Å². The van der Waals surface area contributed by atoms with Gasteiger partial charge in [0, 0.05) is 9.13 Å². The van der Waals surface area contributed by atoms with Gasteiger partial charge < -0.3 is 4.74 Å². The molecule has 1 aromatic carbocycles. The Labute approximate surface area is 91.1 Å². The number of hydrogen-bond acceptors (Lipinski definition) is 3. The Morgan fingerprint density at radius 2 is 2.08 bits per heavy atom. The Kier molecular flexibility index (Phi) is 4.47. The van der Waals surface area contributed by atoms with Gasteiger partial charge in [0.15, 0.2) is 0 Å². The van der Waals surface area contributed by atoms with Gasteiger partial charge in [-0.2, -0.15) is 0 Å². The first-order valence-corrected chi connectivity index (χ1v) is 4.84. The molecule has 0 amide bonds. The van der Waals surface area contributed by atoms with Gasteiger partial charge in [0.1, 0.15) is 12.4 Å². The van der Waals surface area contributed by atoms with E-state index >= 15 is 0 Å². The Morgan fingerprint density at radius 3 is 2.69 bits per heavy atom. The standard InChI is InChI=1S/C9H11IO3/c1-11-9-5-8(10)4-3-7(9)6-13-12-2/h3-5H,6H2,1-2H3. The normalized spacial score (nSPS) is 10.1. The number of rotatable bonds is 4. The zero-order chi connectivity index (χ0) is 9.68. The molecule has 72 valence electrons. The number of ether oxygens (including phenoxy) is 1. The van der Waals surface area contributed by atoms with E-state index in [1.54, 1.807) is 7.11 Å². The smallest absolute Gasteiger partial charge is 0.125 e. The van der Waals surface area contributed by atoms with Crippen molar-refractivity contribution in [2.24, 2.45) is 0 Å². The fourth-order valence-corrected chi connectivity index (χ4v) is 1.42. The summed E-state index contributed by atoms with van der Waals surface area (Å²) >= 11 is 2.23. The zero-order valence-corrected chi connectivity index (χ0v) is 9.70. The van der Waals surface area contributed by atoms with Crippen molar-refractivity contribution < 1.29 is 14.5 Å². The maximum atomic E-state index is 5.18. The molecule has 0 fully saturated rings. The molecule has 0 aromatic heterocycles. The van der Waals surface area contributed by atoms with Crippen molar-refractivity contribution in [2.45, 2.75) is 6.61 Å². The maximum Gasteiger partial charge on any atom is 0.125 e. The van der Waals surface area contributed by atoms with Crippen molar-refractivity contribution in [3.8, 4) is 5.75 Å². The second-order valence-electron chi connectivity index (χ2n) is 2.39. The van der Waals surface area contributed by atoms with E-state index in [9.17, 15) is 0 Å². The first kappa shape index (κ1) is 10.7. The van der Waals surface area contributed by atoms with Crippen LogP contribution in [0.1, 0.15) is 5.56 Å². The quantitative estimate of drug-likeness (QED) is 0.485. The van der Waals surface area contributed by atoms with Gasteiger partial charge in [0.25, 0.3) is 0 Å². The van der Waals surface area contributed by atoms with Crippen LogP contribution in [0.5, 0.6) is 5.75 Å². The summed E-state index contributed by atoms with van der Waals surface area (Å²) in [5.74, 6) is 0.823. The summed E-state index contributed by atoms with van der Waals surface area (Å²) in [7, 11) is 3.13.